The number of nitrogens with one attached hydrogen (secondary N) is 1. The van der Waals surface area contributed by atoms with Gasteiger partial charge < -0.3 is 10.4 Å². The molecular weight excluding hydrogens is 218 g/mol. The number of aliphatic hydroxyl groups is 1. The van der Waals surface area contributed by atoms with Crippen LogP contribution in [0.5, 0.6) is 0 Å². The molecule has 1 atom stereocenters. The van der Waals surface area contributed by atoms with E-state index in [-0.39, 0.29) is 0 Å². The van der Waals surface area contributed by atoms with Crippen molar-refractivity contribution < 1.29 is 5.11 Å². The number of hydrogen-bond acceptors (Lipinski definition) is 2. The van der Waals surface area contributed by atoms with Crippen LogP contribution in [0.1, 0.15) is 12.5 Å². The summed E-state index contributed by atoms with van der Waals surface area (Å²) < 4.78 is 1.08. The third-order valence-electron chi connectivity index (χ3n) is 1.53. The molecule has 0 aromatic heterocycles. The second-order valence-electron chi connectivity index (χ2n) is 2.78. The first-order chi connectivity index (χ1) is 5.59. The maximum Gasteiger partial charge on any atom is 0.121 e. The van der Waals surface area contributed by atoms with Gasteiger partial charge in [-0.15, -0.1) is 0 Å². The molecule has 0 saturated heterocycles. The first-order valence-corrected chi connectivity index (χ1v) is 4.59. The Hall–Kier alpha value is -0.540. The normalized spacial score (nSPS) is 12.7. The van der Waals surface area contributed by atoms with Crippen molar-refractivity contribution in [2.45, 2.75) is 20.1 Å². The van der Waals surface area contributed by atoms with Gasteiger partial charge in [-0.05, 0) is 37.6 Å². The highest BCUT2D eigenvalue weighted by atomic mass is 79.9. The molecule has 0 aliphatic carbocycles. The van der Waals surface area contributed by atoms with E-state index in [1.54, 1.807) is 6.92 Å². The first kappa shape index (κ1) is 9.55. The zero-order chi connectivity index (χ0) is 9.14. The van der Waals surface area contributed by atoms with Crippen molar-refractivity contribution in [1.82, 2.24) is 0 Å². The van der Waals surface area contributed by atoms with Crippen LogP contribution in [0.25, 0.3) is 0 Å². The lowest BCUT2D eigenvalue weighted by Crippen LogP contribution is -2.13. The van der Waals surface area contributed by atoms with Crippen LogP contribution in [0.3, 0.4) is 0 Å². The molecule has 1 rings (SSSR count). The topological polar surface area (TPSA) is 32.3 Å². The second-order valence-corrected chi connectivity index (χ2v) is 3.64. The zero-order valence-corrected chi connectivity index (χ0v) is 8.72. The van der Waals surface area contributed by atoms with Gasteiger partial charge >= 0.3 is 0 Å². The van der Waals surface area contributed by atoms with Crippen molar-refractivity contribution in [3.05, 3.63) is 28.2 Å². The van der Waals surface area contributed by atoms with Gasteiger partial charge in [-0.2, -0.15) is 0 Å². The molecule has 0 heterocycles. The summed E-state index contributed by atoms with van der Waals surface area (Å²) in [4.78, 5) is 0. The smallest absolute Gasteiger partial charge is 0.121 e. The Bertz CT molecular complexity index is 273. The van der Waals surface area contributed by atoms with E-state index in [0.717, 1.165) is 15.7 Å². The molecular formula is C9H12BrNO. The van der Waals surface area contributed by atoms with E-state index in [2.05, 4.69) is 21.2 Å². The summed E-state index contributed by atoms with van der Waals surface area (Å²) in [7, 11) is 0. The van der Waals surface area contributed by atoms with Crippen LogP contribution in [0.4, 0.5) is 5.69 Å². The second kappa shape index (κ2) is 3.92. The lowest BCUT2D eigenvalue weighted by atomic mass is 10.2. The molecule has 0 amide bonds. The molecule has 2 N–H and O–H groups in total. The summed E-state index contributed by atoms with van der Waals surface area (Å²) in [5.74, 6) is 0. The fourth-order valence-electron chi connectivity index (χ4n) is 0.976. The molecule has 0 radical (unpaired) electrons. The van der Waals surface area contributed by atoms with Gasteiger partial charge in [0.1, 0.15) is 6.23 Å². The van der Waals surface area contributed by atoms with E-state index in [4.69, 9.17) is 5.11 Å². The van der Waals surface area contributed by atoms with E-state index in [1.165, 1.54) is 0 Å². The highest BCUT2D eigenvalue weighted by Crippen LogP contribution is 2.20. The number of halogens is 1. The number of rotatable bonds is 2. The number of aryl methyl sites for hydroxylation is 1. The van der Waals surface area contributed by atoms with Crippen molar-refractivity contribution in [3.8, 4) is 0 Å². The van der Waals surface area contributed by atoms with E-state index in [9.17, 15) is 0 Å². The average molecular weight is 230 g/mol. The lowest BCUT2D eigenvalue weighted by Gasteiger charge is -2.09. The Morgan fingerprint density at radius 1 is 1.50 bits per heavy atom. The Morgan fingerprint density at radius 2 is 2.17 bits per heavy atom. The molecule has 0 bridgehead atoms. The number of anilines is 1. The molecule has 3 heteroatoms. The minimum absolute atomic E-state index is 0.509. The summed E-state index contributed by atoms with van der Waals surface area (Å²) in [5.41, 5.74) is 2.09. The van der Waals surface area contributed by atoms with Gasteiger partial charge in [0, 0.05) is 10.2 Å². The molecule has 12 heavy (non-hydrogen) atoms. The van der Waals surface area contributed by atoms with Gasteiger partial charge in [0.2, 0.25) is 0 Å². The number of aliphatic hydroxyl groups excluding tert-OH is 1. The molecule has 0 fully saturated rings. The molecule has 66 valence electrons. The summed E-state index contributed by atoms with van der Waals surface area (Å²) >= 11 is 3.41. The van der Waals surface area contributed by atoms with Gasteiger partial charge in [-0.1, -0.05) is 15.9 Å². The Kier molecular flexibility index (Phi) is 3.12. The Morgan fingerprint density at radius 3 is 2.67 bits per heavy atom. The fraction of sp³-hybridized carbons (Fsp3) is 0.333. The van der Waals surface area contributed by atoms with Crippen LogP contribution in [0, 0.1) is 6.92 Å². The van der Waals surface area contributed by atoms with Crippen LogP contribution in [-0.2, 0) is 0 Å². The molecule has 2 nitrogen and oxygen atoms in total. The minimum atomic E-state index is -0.509. The summed E-state index contributed by atoms with van der Waals surface area (Å²) in [6.45, 7) is 3.70. The van der Waals surface area contributed by atoms with E-state index < -0.39 is 6.23 Å². The van der Waals surface area contributed by atoms with Crippen LogP contribution >= 0.6 is 15.9 Å². The van der Waals surface area contributed by atoms with E-state index in [0.29, 0.717) is 0 Å². The average Bonchev–Trinajstić information content (AvgIpc) is 1.96. The largest absolute Gasteiger partial charge is 0.374 e. The van der Waals surface area contributed by atoms with E-state index in [1.807, 2.05) is 25.1 Å². The first-order valence-electron chi connectivity index (χ1n) is 3.80. The maximum atomic E-state index is 9.04. The van der Waals surface area contributed by atoms with Gasteiger partial charge in [0.15, 0.2) is 0 Å². The molecule has 1 unspecified atom stereocenters. The van der Waals surface area contributed by atoms with Crippen LogP contribution in [0.15, 0.2) is 22.7 Å². The summed E-state index contributed by atoms with van der Waals surface area (Å²) in [6, 6.07) is 5.86. The van der Waals surface area contributed by atoms with Crippen molar-refractivity contribution in [2.75, 3.05) is 5.32 Å². The lowest BCUT2D eigenvalue weighted by molar-refractivity contribution is 0.224. The quantitative estimate of drug-likeness (QED) is 0.765. The third kappa shape index (κ3) is 2.50. The standard InChI is InChI=1S/C9H12BrNO/c1-6-5-8(11-7(2)12)3-4-9(6)10/h3-5,7,11-12H,1-2H3. The molecule has 0 aliphatic rings. The third-order valence-corrected chi connectivity index (χ3v) is 2.42. The molecule has 1 aromatic carbocycles. The summed E-state index contributed by atoms with van der Waals surface area (Å²) in [5, 5.41) is 12.0. The Labute approximate surface area is 80.7 Å². The maximum absolute atomic E-state index is 9.04. The highest BCUT2D eigenvalue weighted by molar-refractivity contribution is 9.10. The number of hydrogen-bond donors (Lipinski definition) is 2. The molecule has 0 aliphatic heterocycles. The van der Waals surface area contributed by atoms with Crippen LogP contribution < -0.4 is 5.32 Å². The van der Waals surface area contributed by atoms with Gasteiger partial charge in [0.25, 0.3) is 0 Å². The minimum Gasteiger partial charge on any atom is -0.374 e. The molecule has 0 saturated carbocycles. The Balaban J connectivity index is 2.82. The van der Waals surface area contributed by atoms with Crippen molar-refractivity contribution >= 4 is 21.6 Å². The predicted molar refractivity (Wildman–Crippen MR) is 54.2 cm³/mol. The van der Waals surface area contributed by atoms with Gasteiger partial charge in [-0.25, -0.2) is 0 Å². The fourth-order valence-corrected chi connectivity index (χ4v) is 1.22. The summed E-state index contributed by atoms with van der Waals surface area (Å²) in [6.07, 6.45) is -0.509. The van der Waals surface area contributed by atoms with Gasteiger partial charge in [-0.3, -0.25) is 0 Å². The SMILES string of the molecule is Cc1cc(NC(C)O)ccc1Br. The van der Waals surface area contributed by atoms with Crippen LogP contribution in [-0.4, -0.2) is 11.3 Å². The molecule has 1 aromatic rings. The monoisotopic (exact) mass is 229 g/mol. The highest BCUT2D eigenvalue weighted by Gasteiger charge is 1.98. The molecule has 0 spiro atoms. The number of benzene rings is 1. The zero-order valence-electron chi connectivity index (χ0n) is 7.13. The van der Waals surface area contributed by atoms with Gasteiger partial charge in [0.05, 0.1) is 0 Å². The van der Waals surface area contributed by atoms with Crippen molar-refractivity contribution in [1.29, 1.82) is 0 Å². The van der Waals surface area contributed by atoms with E-state index >= 15 is 0 Å². The van der Waals surface area contributed by atoms with Crippen molar-refractivity contribution in [3.63, 3.8) is 0 Å². The predicted octanol–water partition coefficient (Wildman–Crippen LogP) is 2.51. The van der Waals surface area contributed by atoms with Crippen molar-refractivity contribution in [2.24, 2.45) is 0 Å². The van der Waals surface area contributed by atoms with Crippen LogP contribution in [0.2, 0.25) is 0 Å².